The zero-order valence-electron chi connectivity index (χ0n) is 11.2. The minimum Gasteiger partial charge on any atom is -0.479 e. The number of hydrogen-bond acceptors (Lipinski definition) is 4. The number of rotatable bonds is 7. The van der Waals surface area contributed by atoms with Crippen LogP contribution in [-0.2, 0) is 20.8 Å². The number of benzene rings is 1. The van der Waals surface area contributed by atoms with Crippen molar-refractivity contribution in [2.45, 2.75) is 18.2 Å². The third kappa shape index (κ3) is 3.51. The van der Waals surface area contributed by atoms with Gasteiger partial charge < -0.3 is 5.11 Å². The van der Waals surface area contributed by atoms with E-state index >= 15 is 0 Å². The van der Waals surface area contributed by atoms with E-state index in [4.69, 9.17) is 0 Å². The first-order valence-corrected chi connectivity index (χ1v) is 7.03. The highest BCUT2D eigenvalue weighted by Crippen LogP contribution is 2.30. The van der Waals surface area contributed by atoms with Gasteiger partial charge in [0.15, 0.2) is 0 Å². The highest BCUT2D eigenvalue weighted by atomic mass is 32.2. The number of nitrogens with one attached hydrogen (secondary N) is 1. The van der Waals surface area contributed by atoms with Gasteiger partial charge in [0.25, 0.3) is 0 Å². The SMILES string of the molecule is CS[C@](Cc1ccccc1)(C(=O)O)N(C=O)NC(C)=O. The van der Waals surface area contributed by atoms with Gasteiger partial charge in [-0.3, -0.25) is 15.0 Å². The molecule has 1 atom stereocenters. The number of aliphatic carboxylic acids is 1. The minimum atomic E-state index is -1.59. The quantitative estimate of drug-likeness (QED) is 0.443. The molecule has 0 radical (unpaired) electrons. The molecule has 1 rings (SSSR count). The van der Waals surface area contributed by atoms with Gasteiger partial charge in [0, 0.05) is 13.3 Å². The van der Waals surface area contributed by atoms with Crippen LogP contribution in [0.5, 0.6) is 0 Å². The molecule has 7 heteroatoms. The standard InChI is InChI=1S/C13H16N2O4S/c1-10(17)14-15(9-16)13(20-2,12(18)19)8-11-6-4-3-5-7-11/h3-7,9H,8H2,1-2H3,(H,14,17)(H,18,19)/t13-/m1/s1. The summed E-state index contributed by atoms with van der Waals surface area (Å²) in [6.45, 7) is 1.21. The summed E-state index contributed by atoms with van der Waals surface area (Å²) < 4.78 is 0. The van der Waals surface area contributed by atoms with Crippen LogP contribution < -0.4 is 5.43 Å². The number of hydrazine groups is 1. The largest absolute Gasteiger partial charge is 0.479 e. The first-order valence-electron chi connectivity index (χ1n) is 5.80. The lowest BCUT2D eigenvalue weighted by Gasteiger charge is -2.36. The van der Waals surface area contributed by atoms with Crippen molar-refractivity contribution in [2.24, 2.45) is 0 Å². The van der Waals surface area contributed by atoms with Gasteiger partial charge in [-0.2, -0.15) is 0 Å². The molecule has 2 N–H and O–H groups in total. The molecule has 6 nitrogen and oxygen atoms in total. The van der Waals surface area contributed by atoms with Gasteiger partial charge in [0.2, 0.25) is 17.2 Å². The number of carboxylic acid groups (broad SMARTS) is 1. The van der Waals surface area contributed by atoms with Crippen molar-refractivity contribution >= 4 is 30.0 Å². The summed E-state index contributed by atoms with van der Waals surface area (Å²) in [7, 11) is 0. The summed E-state index contributed by atoms with van der Waals surface area (Å²) in [6, 6.07) is 8.92. The molecule has 108 valence electrons. The summed E-state index contributed by atoms with van der Waals surface area (Å²) in [5.41, 5.74) is 3.00. The topological polar surface area (TPSA) is 86.7 Å². The molecule has 0 aliphatic rings. The van der Waals surface area contributed by atoms with Gasteiger partial charge >= 0.3 is 5.97 Å². The van der Waals surface area contributed by atoms with E-state index in [1.54, 1.807) is 30.5 Å². The molecule has 1 aromatic rings. The maximum absolute atomic E-state index is 11.7. The molecule has 0 aliphatic carbocycles. The van der Waals surface area contributed by atoms with Crippen LogP contribution in [0.2, 0.25) is 0 Å². The summed E-state index contributed by atoms with van der Waals surface area (Å²) in [5, 5.41) is 10.3. The average Bonchev–Trinajstić information content (AvgIpc) is 2.43. The van der Waals surface area contributed by atoms with Crippen LogP contribution in [0.15, 0.2) is 30.3 Å². The van der Waals surface area contributed by atoms with Crippen molar-refractivity contribution in [2.75, 3.05) is 6.26 Å². The Bertz CT molecular complexity index is 494. The first-order chi connectivity index (χ1) is 9.46. The van der Waals surface area contributed by atoms with Gasteiger partial charge in [0.1, 0.15) is 0 Å². The molecule has 0 unspecified atom stereocenters. The second kappa shape index (κ2) is 6.95. The van der Waals surface area contributed by atoms with E-state index in [1.165, 1.54) is 6.92 Å². The second-order valence-corrected chi connectivity index (χ2v) is 5.18. The van der Waals surface area contributed by atoms with Crippen LogP contribution in [0.4, 0.5) is 0 Å². The molecule has 0 fully saturated rings. The number of carbonyl (C=O) groups excluding carboxylic acids is 2. The molecular weight excluding hydrogens is 280 g/mol. The molecule has 0 aromatic heterocycles. The van der Waals surface area contributed by atoms with Crippen LogP contribution in [0.1, 0.15) is 12.5 Å². The van der Waals surface area contributed by atoms with E-state index in [1.807, 2.05) is 6.07 Å². The fourth-order valence-corrected chi connectivity index (χ4v) is 2.54. The zero-order chi connectivity index (χ0) is 15.2. The summed E-state index contributed by atoms with van der Waals surface area (Å²) in [6.07, 6.45) is 1.97. The molecule has 0 saturated heterocycles. The van der Waals surface area contributed by atoms with Gasteiger partial charge in [-0.25, -0.2) is 9.80 Å². The Kier molecular flexibility index (Phi) is 5.57. The number of amides is 2. The van der Waals surface area contributed by atoms with E-state index in [9.17, 15) is 19.5 Å². The van der Waals surface area contributed by atoms with Crippen molar-refractivity contribution in [1.82, 2.24) is 10.4 Å². The summed E-state index contributed by atoms with van der Waals surface area (Å²) >= 11 is 0.975. The number of carbonyl (C=O) groups is 3. The van der Waals surface area contributed by atoms with Crippen molar-refractivity contribution in [3.8, 4) is 0 Å². The Morgan fingerprint density at radius 3 is 2.40 bits per heavy atom. The fraction of sp³-hybridized carbons (Fsp3) is 0.308. The monoisotopic (exact) mass is 296 g/mol. The molecule has 0 saturated carbocycles. The molecular formula is C13H16N2O4S. The van der Waals surface area contributed by atoms with Gasteiger partial charge in [0.05, 0.1) is 0 Å². The zero-order valence-corrected chi connectivity index (χ0v) is 12.0. The summed E-state index contributed by atoms with van der Waals surface area (Å²) in [5.74, 6) is -1.71. The Morgan fingerprint density at radius 1 is 1.40 bits per heavy atom. The third-order valence-electron chi connectivity index (χ3n) is 2.73. The van der Waals surface area contributed by atoms with E-state index in [0.717, 1.165) is 22.3 Å². The molecule has 0 heterocycles. The number of hydrogen-bond donors (Lipinski definition) is 2. The Hall–Kier alpha value is -2.02. The molecule has 2 amide bonds. The van der Waals surface area contributed by atoms with Crippen molar-refractivity contribution in [3.63, 3.8) is 0 Å². The highest BCUT2D eigenvalue weighted by molar-refractivity contribution is 8.00. The molecule has 20 heavy (non-hydrogen) atoms. The van der Waals surface area contributed by atoms with Crippen LogP contribution in [0.25, 0.3) is 0 Å². The van der Waals surface area contributed by atoms with E-state index in [2.05, 4.69) is 5.43 Å². The van der Waals surface area contributed by atoms with Gasteiger partial charge in [-0.1, -0.05) is 30.3 Å². The Morgan fingerprint density at radius 2 is 2.00 bits per heavy atom. The van der Waals surface area contributed by atoms with Crippen molar-refractivity contribution < 1.29 is 19.5 Å². The maximum Gasteiger partial charge on any atom is 0.342 e. The second-order valence-electron chi connectivity index (χ2n) is 4.10. The maximum atomic E-state index is 11.7. The lowest BCUT2D eigenvalue weighted by molar-refractivity contribution is -0.153. The smallest absolute Gasteiger partial charge is 0.342 e. The fourth-order valence-electron chi connectivity index (χ4n) is 1.77. The molecule has 1 aromatic carbocycles. The molecule has 0 aliphatic heterocycles. The number of nitrogens with zero attached hydrogens (tertiary/aromatic N) is 1. The van der Waals surface area contributed by atoms with Crippen molar-refractivity contribution in [1.29, 1.82) is 0 Å². The predicted octanol–water partition coefficient (Wildman–Crippen LogP) is 0.882. The lowest BCUT2D eigenvalue weighted by atomic mass is 10.1. The first kappa shape index (κ1) is 16.0. The third-order valence-corrected chi connectivity index (χ3v) is 3.92. The highest BCUT2D eigenvalue weighted by Gasteiger charge is 2.44. The van der Waals surface area contributed by atoms with Crippen LogP contribution in [0.3, 0.4) is 0 Å². The van der Waals surface area contributed by atoms with E-state index < -0.39 is 16.7 Å². The lowest BCUT2D eigenvalue weighted by Crippen LogP contribution is -2.59. The van der Waals surface area contributed by atoms with Crippen LogP contribution in [0, 0.1) is 0 Å². The minimum absolute atomic E-state index is 0.0728. The Labute approximate surface area is 121 Å². The number of thioether (sulfide) groups is 1. The van der Waals surface area contributed by atoms with Crippen LogP contribution in [-0.4, -0.2) is 39.5 Å². The van der Waals surface area contributed by atoms with Crippen molar-refractivity contribution in [3.05, 3.63) is 35.9 Å². The van der Waals surface area contributed by atoms with E-state index in [-0.39, 0.29) is 6.42 Å². The summed E-state index contributed by atoms with van der Waals surface area (Å²) in [4.78, 5) is 32.4. The Balaban J connectivity index is 3.16. The predicted molar refractivity (Wildman–Crippen MR) is 75.7 cm³/mol. The molecule has 0 bridgehead atoms. The van der Waals surface area contributed by atoms with Crippen LogP contribution >= 0.6 is 11.8 Å². The molecule has 0 spiro atoms. The van der Waals surface area contributed by atoms with Gasteiger partial charge in [-0.05, 0) is 11.8 Å². The normalized spacial score (nSPS) is 13.1. The average molecular weight is 296 g/mol. The number of carboxylic acids is 1. The van der Waals surface area contributed by atoms with E-state index in [0.29, 0.717) is 6.41 Å². The van der Waals surface area contributed by atoms with Gasteiger partial charge in [-0.15, -0.1) is 11.8 Å².